The molecule has 190 valence electrons. The number of Topliss-reactive ketones (excluding diaryl/α,β-unsaturated/α-hetero) is 1. The smallest absolute Gasteiger partial charge is 0.347 e. The highest BCUT2D eigenvalue weighted by Gasteiger charge is 2.39. The van der Waals surface area contributed by atoms with Crippen LogP contribution in [-0.2, 0) is 4.79 Å². The highest BCUT2D eigenvalue weighted by Crippen LogP contribution is 2.38. The Bertz CT molecular complexity index is 1110. The number of halogens is 8. The number of rotatable bonds is 8. The lowest BCUT2D eigenvalue weighted by Gasteiger charge is -2.18. The third kappa shape index (κ3) is 8.68. The van der Waals surface area contributed by atoms with Gasteiger partial charge in [-0.1, -0.05) is 64.8 Å². The van der Waals surface area contributed by atoms with Crippen molar-refractivity contribution in [2.45, 2.75) is 38.5 Å². The number of aryl methyl sites for hydroxylation is 1. The summed E-state index contributed by atoms with van der Waals surface area (Å²) in [5.74, 6) is -4.34. The average molecular weight is 585 g/mol. The monoisotopic (exact) mass is 583 g/mol. The molecule has 0 aromatic heterocycles. The van der Waals surface area contributed by atoms with E-state index < -0.39 is 42.4 Å². The molecule has 1 unspecified atom stereocenters. The van der Waals surface area contributed by atoms with Crippen molar-refractivity contribution in [2.24, 2.45) is 5.92 Å². The largest absolute Gasteiger partial charge is 0.405 e. The first kappa shape index (κ1) is 28.9. The van der Waals surface area contributed by atoms with E-state index in [4.69, 9.17) is 11.6 Å². The molecule has 1 N–H and O–H groups in total. The topological polar surface area (TPSA) is 46.2 Å². The lowest BCUT2D eigenvalue weighted by molar-refractivity contribution is -0.140. The lowest BCUT2D eigenvalue weighted by Crippen LogP contribution is -2.37. The van der Waals surface area contributed by atoms with Gasteiger partial charge in [-0.3, -0.25) is 9.59 Å². The second-order valence-electron chi connectivity index (χ2n) is 7.99. The van der Waals surface area contributed by atoms with Gasteiger partial charge in [-0.15, -0.1) is 0 Å². The number of alkyl halides is 6. The first-order chi connectivity index (χ1) is 16.1. The molecule has 0 radical (unpaired) electrons. The van der Waals surface area contributed by atoms with Gasteiger partial charge in [-0.05, 0) is 41.8 Å². The van der Waals surface area contributed by atoms with Crippen LogP contribution in [0.15, 0.2) is 46.9 Å². The van der Waals surface area contributed by atoms with Crippen molar-refractivity contribution < 1.29 is 35.9 Å². The highest BCUT2D eigenvalue weighted by molar-refractivity contribution is 9.10. The molecule has 0 aliphatic heterocycles. The molecule has 2 rings (SSSR count). The fraction of sp³-hybridized carbons (Fsp3) is 0.333. The van der Waals surface area contributed by atoms with E-state index in [0.717, 1.165) is 6.08 Å². The number of amides is 1. The summed E-state index contributed by atoms with van der Waals surface area (Å²) in [5, 5.41) is 1.94. The minimum absolute atomic E-state index is 0.0204. The van der Waals surface area contributed by atoms with Crippen molar-refractivity contribution in [3.63, 3.8) is 0 Å². The molecule has 11 heteroatoms. The van der Waals surface area contributed by atoms with Crippen LogP contribution in [0, 0.1) is 12.8 Å². The molecule has 2 atom stereocenters. The van der Waals surface area contributed by atoms with Crippen molar-refractivity contribution in [2.75, 3.05) is 6.54 Å². The molecule has 0 fully saturated rings. The Balaban J connectivity index is 2.16. The van der Waals surface area contributed by atoms with Crippen molar-refractivity contribution in [1.29, 1.82) is 0 Å². The molecule has 3 nitrogen and oxygen atoms in total. The van der Waals surface area contributed by atoms with Crippen molar-refractivity contribution in [1.82, 2.24) is 5.32 Å². The summed E-state index contributed by atoms with van der Waals surface area (Å²) in [6, 6.07) is 8.37. The second-order valence-corrected chi connectivity index (χ2v) is 9.25. The third-order valence-electron chi connectivity index (χ3n) is 5.08. The molecule has 0 bridgehead atoms. The molecule has 2 aromatic carbocycles. The van der Waals surface area contributed by atoms with E-state index in [0.29, 0.717) is 11.1 Å². The van der Waals surface area contributed by atoms with Gasteiger partial charge in [-0.2, -0.15) is 26.3 Å². The predicted octanol–water partition coefficient (Wildman–Crippen LogP) is 7.66. The Labute approximate surface area is 211 Å². The van der Waals surface area contributed by atoms with Crippen LogP contribution in [0.25, 0.3) is 6.08 Å². The van der Waals surface area contributed by atoms with Crippen molar-refractivity contribution >= 4 is 45.3 Å². The number of allylic oxidation sites excluding steroid dienone is 1. The van der Waals surface area contributed by atoms with Crippen molar-refractivity contribution in [3.8, 4) is 0 Å². The summed E-state index contributed by atoms with van der Waals surface area (Å²) in [5.41, 5.74) is 1.15. The van der Waals surface area contributed by atoms with E-state index in [1.165, 1.54) is 49.4 Å². The van der Waals surface area contributed by atoms with Gasteiger partial charge in [0.2, 0.25) is 5.91 Å². The maximum absolute atomic E-state index is 13.7. The van der Waals surface area contributed by atoms with E-state index in [-0.39, 0.29) is 27.0 Å². The Morgan fingerprint density at radius 3 is 2.29 bits per heavy atom. The number of hydrogen-bond donors (Lipinski definition) is 1. The van der Waals surface area contributed by atoms with Gasteiger partial charge in [0, 0.05) is 27.4 Å². The molecular weight excluding hydrogens is 564 g/mol. The van der Waals surface area contributed by atoms with Gasteiger partial charge >= 0.3 is 12.4 Å². The number of ketones is 1. The van der Waals surface area contributed by atoms with Gasteiger partial charge in [0.15, 0.2) is 5.78 Å². The molecule has 0 aliphatic carbocycles. The minimum atomic E-state index is -4.57. The van der Waals surface area contributed by atoms with Gasteiger partial charge in [0.1, 0.15) is 6.54 Å². The summed E-state index contributed by atoms with van der Waals surface area (Å²) in [6.07, 6.45) is -7.23. The molecule has 0 heterocycles. The van der Waals surface area contributed by atoms with E-state index in [2.05, 4.69) is 15.9 Å². The second kappa shape index (κ2) is 11.6. The van der Waals surface area contributed by atoms with Gasteiger partial charge in [0.05, 0.1) is 5.92 Å². The van der Waals surface area contributed by atoms with Crippen LogP contribution in [0.1, 0.15) is 46.3 Å². The van der Waals surface area contributed by atoms with Crippen LogP contribution in [0.4, 0.5) is 26.3 Å². The zero-order valence-corrected chi connectivity index (χ0v) is 20.9. The van der Waals surface area contributed by atoms with Crippen LogP contribution >= 0.6 is 27.5 Å². The SMILES string of the molecule is Cc1ccc(C(/C=C/c2ccc(C(=O)C[C@H](C)C(=O)NCC(F)(F)F)c(Br)c2)C(F)(F)F)cc1Cl. The fourth-order valence-corrected chi connectivity index (χ4v) is 3.93. The van der Waals surface area contributed by atoms with E-state index in [1.54, 1.807) is 12.2 Å². The number of carbonyl (C=O) groups excluding carboxylic acids is 2. The minimum Gasteiger partial charge on any atom is -0.347 e. The molecule has 0 spiro atoms. The molecule has 0 saturated heterocycles. The Morgan fingerprint density at radius 1 is 1.09 bits per heavy atom. The first-order valence-corrected chi connectivity index (χ1v) is 11.4. The van der Waals surface area contributed by atoms with Crippen LogP contribution in [0.2, 0.25) is 5.02 Å². The van der Waals surface area contributed by atoms with Crippen LogP contribution < -0.4 is 5.32 Å². The summed E-state index contributed by atoms with van der Waals surface area (Å²) in [7, 11) is 0. The fourth-order valence-electron chi connectivity index (χ4n) is 3.12. The molecule has 2 aromatic rings. The zero-order chi connectivity index (χ0) is 26.6. The number of nitrogens with one attached hydrogen (secondary N) is 1. The van der Waals surface area contributed by atoms with E-state index >= 15 is 0 Å². The number of carbonyl (C=O) groups is 2. The number of benzene rings is 2. The normalized spacial score (nSPS) is 14.1. The third-order valence-corrected chi connectivity index (χ3v) is 6.15. The summed E-state index contributed by atoms with van der Waals surface area (Å²) in [6.45, 7) is 1.51. The lowest BCUT2D eigenvalue weighted by atomic mass is 9.95. The van der Waals surface area contributed by atoms with Crippen molar-refractivity contribution in [3.05, 3.63) is 74.2 Å². The van der Waals surface area contributed by atoms with Gasteiger partial charge in [-0.25, -0.2) is 0 Å². The molecule has 0 saturated carbocycles. The summed E-state index contributed by atoms with van der Waals surface area (Å²) >= 11 is 9.18. The zero-order valence-electron chi connectivity index (χ0n) is 18.5. The maximum atomic E-state index is 13.7. The Hall–Kier alpha value is -2.33. The Morgan fingerprint density at radius 2 is 1.74 bits per heavy atom. The van der Waals surface area contributed by atoms with Gasteiger partial charge < -0.3 is 5.32 Å². The summed E-state index contributed by atoms with van der Waals surface area (Å²) in [4.78, 5) is 24.3. The molecule has 1 amide bonds. The van der Waals surface area contributed by atoms with E-state index in [1.807, 2.05) is 0 Å². The Kier molecular flexibility index (Phi) is 9.58. The van der Waals surface area contributed by atoms with E-state index in [9.17, 15) is 35.9 Å². The average Bonchev–Trinajstić information content (AvgIpc) is 2.73. The van der Waals surface area contributed by atoms with Crippen LogP contribution in [0.3, 0.4) is 0 Å². The molecule has 0 aliphatic rings. The predicted molar refractivity (Wildman–Crippen MR) is 125 cm³/mol. The molecule has 35 heavy (non-hydrogen) atoms. The maximum Gasteiger partial charge on any atom is 0.405 e. The van der Waals surface area contributed by atoms with Crippen LogP contribution in [0.5, 0.6) is 0 Å². The highest BCUT2D eigenvalue weighted by atomic mass is 79.9. The van der Waals surface area contributed by atoms with Crippen LogP contribution in [-0.4, -0.2) is 30.6 Å². The summed E-state index contributed by atoms with van der Waals surface area (Å²) < 4.78 is 78.0. The quantitative estimate of drug-likeness (QED) is 0.256. The van der Waals surface area contributed by atoms with Gasteiger partial charge in [0.25, 0.3) is 0 Å². The standard InChI is InChI=1S/C24H21BrClF6NO2/c1-13-3-6-16(11-20(13)26)18(24(30,31)32)8-5-15-4-7-17(19(25)10-15)21(34)9-14(2)22(35)33-12-23(27,28)29/h3-8,10-11,14,18H,9,12H2,1-2H3,(H,33,35)/b8-5+/t14-,18?/m0/s1. The molecular formula is C24H21BrClF6NO2. The first-order valence-electron chi connectivity index (χ1n) is 10.3. The number of hydrogen-bond acceptors (Lipinski definition) is 2.